The predicted molar refractivity (Wildman–Crippen MR) is 49.9 cm³/mol. The summed E-state index contributed by atoms with van der Waals surface area (Å²) in [6, 6.07) is 0. The molecule has 0 aromatic carbocycles. The van der Waals surface area contributed by atoms with Crippen LogP contribution in [0.3, 0.4) is 0 Å². The van der Waals surface area contributed by atoms with Gasteiger partial charge in [-0.05, 0) is 50.9 Å². The number of rotatable bonds is 2. The summed E-state index contributed by atoms with van der Waals surface area (Å²) in [4.78, 5) is 0. The van der Waals surface area contributed by atoms with E-state index in [-0.39, 0.29) is 6.10 Å². The summed E-state index contributed by atoms with van der Waals surface area (Å²) in [6.07, 6.45) is 11.0. The predicted octanol–water partition coefficient (Wildman–Crippen LogP) is 2.65. The van der Waals surface area contributed by atoms with Gasteiger partial charge in [-0.1, -0.05) is 11.6 Å². The normalized spacial score (nSPS) is 35.6. The first-order valence-corrected chi connectivity index (χ1v) is 5.20. The van der Waals surface area contributed by atoms with Crippen LogP contribution in [-0.2, 0) is 0 Å². The summed E-state index contributed by atoms with van der Waals surface area (Å²) in [5, 5.41) is 9.35. The molecule has 0 aromatic rings. The van der Waals surface area contributed by atoms with Crippen molar-refractivity contribution < 1.29 is 5.11 Å². The van der Waals surface area contributed by atoms with Crippen molar-refractivity contribution in [2.75, 3.05) is 0 Å². The van der Waals surface area contributed by atoms with Crippen molar-refractivity contribution in [3.8, 4) is 0 Å². The van der Waals surface area contributed by atoms with Crippen molar-refractivity contribution in [2.45, 2.75) is 51.0 Å². The number of aliphatic hydroxyl groups is 1. The number of hydrogen-bond acceptors (Lipinski definition) is 1. The smallest absolute Gasteiger partial charge is 0.0543 e. The first-order valence-electron chi connectivity index (χ1n) is 5.20. The van der Waals surface area contributed by atoms with Gasteiger partial charge in [-0.25, -0.2) is 0 Å². The minimum Gasteiger partial charge on any atom is -0.393 e. The molecule has 0 saturated heterocycles. The molecular formula is C11H18O. The lowest BCUT2D eigenvalue weighted by Crippen LogP contribution is -2.00. The van der Waals surface area contributed by atoms with Crippen molar-refractivity contribution in [3.63, 3.8) is 0 Å². The lowest BCUT2D eigenvalue weighted by Gasteiger charge is -2.09. The van der Waals surface area contributed by atoms with Crippen LogP contribution in [0.1, 0.15) is 44.9 Å². The molecule has 0 radical (unpaired) electrons. The van der Waals surface area contributed by atoms with Crippen molar-refractivity contribution in [2.24, 2.45) is 5.92 Å². The Labute approximate surface area is 74.5 Å². The Kier molecular flexibility index (Phi) is 2.50. The van der Waals surface area contributed by atoms with Crippen LogP contribution in [0.2, 0.25) is 0 Å². The van der Waals surface area contributed by atoms with Crippen LogP contribution in [0.4, 0.5) is 0 Å². The Morgan fingerprint density at radius 2 is 2.33 bits per heavy atom. The van der Waals surface area contributed by atoms with Gasteiger partial charge in [-0.15, -0.1) is 0 Å². The van der Waals surface area contributed by atoms with Gasteiger partial charge in [0.25, 0.3) is 0 Å². The van der Waals surface area contributed by atoms with Crippen LogP contribution in [0.15, 0.2) is 11.6 Å². The third-order valence-corrected chi connectivity index (χ3v) is 3.20. The molecule has 2 rings (SSSR count). The topological polar surface area (TPSA) is 20.2 Å². The molecular weight excluding hydrogens is 148 g/mol. The second kappa shape index (κ2) is 3.61. The highest BCUT2D eigenvalue weighted by atomic mass is 16.3. The third-order valence-electron chi connectivity index (χ3n) is 3.20. The molecule has 1 heteroatoms. The fourth-order valence-electron chi connectivity index (χ4n) is 2.53. The van der Waals surface area contributed by atoms with Gasteiger partial charge >= 0.3 is 0 Å². The highest BCUT2D eigenvalue weighted by molar-refractivity contribution is 5.08. The van der Waals surface area contributed by atoms with E-state index in [4.69, 9.17) is 0 Å². The molecule has 1 nitrogen and oxygen atoms in total. The minimum absolute atomic E-state index is 0.0111. The van der Waals surface area contributed by atoms with E-state index >= 15 is 0 Å². The number of hydrogen-bond donors (Lipinski definition) is 1. The molecule has 0 bridgehead atoms. The molecule has 2 atom stereocenters. The zero-order chi connectivity index (χ0) is 8.39. The van der Waals surface area contributed by atoms with E-state index in [1.807, 2.05) is 0 Å². The summed E-state index contributed by atoms with van der Waals surface area (Å²) < 4.78 is 0. The molecule has 12 heavy (non-hydrogen) atoms. The van der Waals surface area contributed by atoms with Crippen LogP contribution < -0.4 is 0 Å². The van der Waals surface area contributed by atoms with E-state index in [1.165, 1.54) is 32.1 Å². The highest BCUT2D eigenvalue weighted by Crippen LogP contribution is 2.33. The zero-order valence-corrected chi connectivity index (χ0v) is 7.63. The second-order valence-electron chi connectivity index (χ2n) is 4.29. The number of aliphatic hydroxyl groups excluding tert-OH is 1. The molecule has 0 amide bonds. The average molecular weight is 166 g/mol. The summed E-state index contributed by atoms with van der Waals surface area (Å²) in [6.45, 7) is 0. The van der Waals surface area contributed by atoms with Gasteiger partial charge in [0.2, 0.25) is 0 Å². The molecule has 0 aromatic heterocycles. The summed E-state index contributed by atoms with van der Waals surface area (Å²) >= 11 is 0. The summed E-state index contributed by atoms with van der Waals surface area (Å²) in [5.74, 6) is 0.796. The SMILES string of the molecule is OC1CCC(CC2=CCCC2)C1. The first-order chi connectivity index (χ1) is 5.84. The Morgan fingerprint density at radius 3 is 2.92 bits per heavy atom. The molecule has 2 aliphatic carbocycles. The maximum atomic E-state index is 9.35. The van der Waals surface area contributed by atoms with E-state index in [1.54, 1.807) is 5.57 Å². The molecule has 1 saturated carbocycles. The molecule has 0 spiro atoms. The minimum atomic E-state index is 0.0111. The Morgan fingerprint density at radius 1 is 1.42 bits per heavy atom. The van der Waals surface area contributed by atoms with Gasteiger partial charge in [0.15, 0.2) is 0 Å². The lowest BCUT2D eigenvalue weighted by atomic mass is 9.97. The molecule has 2 aliphatic rings. The molecule has 1 N–H and O–H groups in total. The Bertz CT molecular complexity index is 183. The zero-order valence-electron chi connectivity index (χ0n) is 7.63. The molecule has 68 valence electrons. The van der Waals surface area contributed by atoms with E-state index in [2.05, 4.69) is 6.08 Å². The van der Waals surface area contributed by atoms with Crippen LogP contribution >= 0.6 is 0 Å². The van der Waals surface area contributed by atoms with Crippen LogP contribution in [0, 0.1) is 5.92 Å². The largest absolute Gasteiger partial charge is 0.393 e. The maximum Gasteiger partial charge on any atom is 0.0543 e. The highest BCUT2D eigenvalue weighted by Gasteiger charge is 2.23. The van der Waals surface area contributed by atoms with Gasteiger partial charge in [-0.3, -0.25) is 0 Å². The van der Waals surface area contributed by atoms with Crippen LogP contribution in [0.5, 0.6) is 0 Å². The Balaban J connectivity index is 1.79. The standard InChI is InChI=1S/C11H18O/c12-11-6-5-10(8-11)7-9-3-1-2-4-9/h3,10-12H,1-2,4-8H2. The van der Waals surface area contributed by atoms with Gasteiger partial charge in [0.1, 0.15) is 0 Å². The van der Waals surface area contributed by atoms with E-state index in [0.717, 1.165) is 18.8 Å². The molecule has 0 aliphatic heterocycles. The van der Waals surface area contributed by atoms with Crippen molar-refractivity contribution in [3.05, 3.63) is 11.6 Å². The molecule has 0 heterocycles. The maximum absolute atomic E-state index is 9.35. The van der Waals surface area contributed by atoms with E-state index < -0.39 is 0 Å². The molecule has 2 unspecified atom stereocenters. The van der Waals surface area contributed by atoms with Crippen molar-refractivity contribution in [1.29, 1.82) is 0 Å². The van der Waals surface area contributed by atoms with Crippen LogP contribution in [0.25, 0.3) is 0 Å². The van der Waals surface area contributed by atoms with Crippen molar-refractivity contribution >= 4 is 0 Å². The average Bonchev–Trinajstić information content (AvgIpc) is 2.63. The third kappa shape index (κ3) is 1.89. The number of allylic oxidation sites excluding steroid dienone is 2. The fraction of sp³-hybridized carbons (Fsp3) is 0.818. The quantitative estimate of drug-likeness (QED) is 0.625. The first kappa shape index (κ1) is 8.31. The summed E-state index contributed by atoms with van der Waals surface area (Å²) in [5.41, 5.74) is 1.66. The van der Waals surface area contributed by atoms with Crippen molar-refractivity contribution in [1.82, 2.24) is 0 Å². The summed E-state index contributed by atoms with van der Waals surface area (Å²) in [7, 11) is 0. The van der Waals surface area contributed by atoms with E-state index in [0.29, 0.717) is 0 Å². The second-order valence-corrected chi connectivity index (χ2v) is 4.29. The lowest BCUT2D eigenvalue weighted by molar-refractivity contribution is 0.177. The molecule has 1 fully saturated rings. The van der Waals surface area contributed by atoms with Gasteiger partial charge in [-0.2, -0.15) is 0 Å². The van der Waals surface area contributed by atoms with Crippen LogP contribution in [-0.4, -0.2) is 11.2 Å². The van der Waals surface area contributed by atoms with Gasteiger partial charge in [0.05, 0.1) is 6.10 Å². The van der Waals surface area contributed by atoms with Gasteiger partial charge < -0.3 is 5.11 Å². The Hall–Kier alpha value is -0.300. The van der Waals surface area contributed by atoms with E-state index in [9.17, 15) is 5.11 Å². The van der Waals surface area contributed by atoms with Gasteiger partial charge in [0, 0.05) is 0 Å². The fourth-order valence-corrected chi connectivity index (χ4v) is 2.53. The monoisotopic (exact) mass is 166 g/mol.